The Hall–Kier alpha value is -3.91. The highest BCUT2D eigenvalue weighted by Crippen LogP contribution is 2.45. The van der Waals surface area contributed by atoms with Crippen molar-refractivity contribution in [3.05, 3.63) is 76.1 Å². The number of halogens is 1. The fraction of sp³-hybridized carbons (Fsp3) is 0.200. The lowest BCUT2D eigenvalue weighted by Crippen LogP contribution is -2.25. The summed E-state index contributed by atoms with van der Waals surface area (Å²) in [6.45, 7) is 3.77. The Balaban J connectivity index is 1.78. The maximum Gasteiger partial charge on any atom is 0.252 e. The topological polar surface area (TPSA) is 102 Å². The Morgan fingerprint density at radius 1 is 1.09 bits per heavy atom. The molecule has 4 aromatic rings. The minimum atomic E-state index is -0.330. The zero-order valence-electron chi connectivity index (χ0n) is 18.8. The summed E-state index contributed by atoms with van der Waals surface area (Å²) in [7, 11) is 1.49. The van der Waals surface area contributed by atoms with Crippen molar-refractivity contribution in [1.82, 2.24) is 19.7 Å². The number of aromatic hydroxyl groups is 1. The molecule has 0 radical (unpaired) electrons. The fourth-order valence-corrected chi connectivity index (χ4v) is 4.44. The van der Waals surface area contributed by atoms with Crippen LogP contribution in [0.4, 0.5) is 5.82 Å². The van der Waals surface area contributed by atoms with Crippen molar-refractivity contribution in [1.29, 1.82) is 0 Å². The first kappa shape index (κ1) is 21.9. The van der Waals surface area contributed by atoms with E-state index in [0.29, 0.717) is 28.2 Å². The number of anilines is 1. The molecule has 0 spiro atoms. The number of hydrogen-bond donors (Lipinski definition) is 2. The molecule has 8 nitrogen and oxygen atoms in total. The Bertz CT molecular complexity index is 1390. The van der Waals surface area contributed by atoms with Crippen LogP contribution in [-0.2, 0) is 4.79 Å². The Labute approximate surface area is 201 Å². The van der Waals surface area contributed by atoms with Gasteiger partial charge in [0.1, 0.15) is 5.82 Å². The van der Waals surface area contributed by atoms with E-state index in [1.165, 1.54) is 7.11 Å². The number of benzene rings is 2. The summed E-state index contributed by atoms with van der Waals surface area (Å²) in [4.78, 5) is 22.0. The van der Waals surface area contributed by atoms with E-state index in [4.69, 9.17) is 21.4 Å². The van der Waals surface area contributed by atoms with Crippen molar-refractivity contribution in [3.8, 4) is 28.7 Å². The SMILES string of the molecule is COc1cc(C2CC(=O)Nc3c2c(-c2ccc(Cl)cc2)nn3-c2nc(C)cc(C)n2)ccc1O. The molecule has 1 aliphatic rings. The molecule has 2 N–H and O–H groups in total. The van der Waals surface area contributed by atoms with Crippen molar-refractivity contribution in [2.24, 2.45) is 0 Å². The first-order valence-electron chi connectivity index (χ1n) is 10.7. The van der Waals surface area contributed by atoms with Gasteiger partial charge in [0.15, 0.2) is 11.5 Å². The zero-order chi connectivity index (χ0) is 24.0. The first-order chi connectivity index (χ1) is 16.3. The van der Waals surface area contributed by atoms with Crippen molar-refractivity contribution in [3.63, 3.8) is 0 Å². The van der Waals surface area contributed by atoms with E-state index in [1.807, 2.05) is 32.0 Å². The van der Waals surface area contributed by atoms with Gasteiger partial charge < -0.3 is 15.2 Å². The summed E-state index contributed by atoms with van der Waals surface area (Å²) < 4.78 is 6.90. The number of aromatic nitrogens is 4. The number of amides is 1. The van der Waals surface area contributed by atoms with Crippen molar-refractivity contribution < 1.29 is 14.6 Å². The Morgan fingerprint density at radius 3 is 2.47 bits per heavy atom. The van der Waals surface area contributed by atoms with Gasteiger partial charge >= 0.3 is 0 Å². The van der Waals surface area contributed by atoms with E-state index in [2.05, 4.69) is 15.3 Å². The van der Waals surface area contributed by atoms with Gasteiger partial charge in [-0.05, 0) is 49.7 Å². The number of methoxy groups -OCH3 is 1. The second kappa shape index (κ2) is 8.46. The molecule has 0 saturated heterocycles. The van der Waals surface area contributed by atoms with E-state index >= 15 is 0 Å². The van der Waals surface area contributed by atoms with Gasteiger partial charge in [-0.1, -0.05) is 29.8 Å². The quantitative estimate of drug-likeness (QED) is 0.440. The molecule has 0 saturated carbocycles. The van der Waals surface area contributed by atoms with Gasteiger partial charge in [-0.25, -0.2) is 9.97 Å². The molecule has 172 valence electrons. The average Bonchev–Trinajstić information content (AvgIpc) is 3.18. The van der Waals surface area contributed by atoms with Crippen molar-refractivity contribution in [2.75, 3.05) is 12.4 Å². The maximum absolute atomic E-state index is 12.8. The molecular weight excluding hydrogens is 454 g/mol. The van der Waals surface area contributed by atoms with Crippen LogP contribution in [0, 0.1) is 13.8 Å². The summed E-state index contributed by atoms with van der Waals surface area (Å²) in [5, 5.41) is 18.6. The normalized spacial score (nSPS) is 15.1. The van der Waals surface area contributed by atoms with Crippen LogP contribution >= 0.6 is 11.6 Å². The van der Waals surface area contributed by atoms with Crippen LogP contribution in [-0.4, -0.2) is 37.9 Å². The summed E-state index contributed by atoms with van der Waals surface area (Å²) in [5.41, 5.74) is 4.77. The maximum atomic E-state index is 12.8. The lowest BCUT2D eigenvalue weighted by Gasteiger charge is -2.25. The molecule has 1 atom stereocenters. The molecule has 9 heteroatoms. The van der Waals surface area contributed by atoms with Gasteiger partial charge in [0.05, 0.1) is 12.8 Å². The number of nitrogens with one attached hydrogen (secondary N) is 1. The third-order valence-corrected chi connectivity index (χ3v) is 6.05. The number of carbonyl (C=O) groups is 1. The number of phenols is 1. The summed E-state index contributed by atoms with van der Waals surface area (Å²) in [6, 6.07) is 14.4. The molecule has 3 heterocycles. The van der Waals surface area contributed by atoms with Crippen LogP contribution in [0.3, 0.4) is 0 Å². The fourth-order valence-electron chi connectivity index (χ4n) is 4.31. The van der Waals surface area contributed by atoms with Crippen LogP contribution in [0.1, 0.15) is 34.9 Å². The number of fused-ring (bicyclic) bond motifs is 1. The minimum Gasteiger partial charge on any atom is -0.504 e. The molecule has 1 amide bonds. The number of nitrogens with zero attached hydrogens (tertiary/aromatic N) is 4. The van der Waals surface area contributed by atoms with E-state index in [0.717, 1.165) is 28.1 Å². The highest BCUT2D eigenvalue weighted by atomic mass is 35.5. The minimum absolute atomic E-state index is 0.0315. The number of hydrogen-bond acceptors (Lipinski definition) is 6. The predicted octanol–water partition coefficient (Wildman–Crippen LogP) is 4.79. The lowest BCUT2D eigenvalue weighted by atomic mass is 9.84. The Morgan fingerprint density at radius 2 is 1.79 bits per heavy atom. The van der Waals surface area contributed by atoms with Gasteiger partial charge in [0.25, 0.3) is 5.95 Å². The largest absolute Gasteiger partial charge is 0.504 e. The molecule has 0 bridgehead atoms. The second-order valence-electron chi connectivity index (χ2n) is 8.22. The number of phenolic OH excluding ortho intramolecular Hbond substituents is 1. The molecule has 1 aliphatic heterocycles. The Kier molecular flexibility index (Phi) is 5.45. The van der Waals surface area contributed by atoms with Crippen LogP contribution in [0.5, 0.6) is 11.5 Å². The lowest BCUT2D eigenvalue weighted by molar-refractivity contribution is -0.116. The van der Waals surface area contributed by atoms with Gasteiger partial charge in [-0.2, -0.15) is 9.78 Å². The van der Waals surface area contributed by atoms with Gasteiger partial charge in [0, 0.05) is 39.9 Å². The van der Waals surface area contributed by atoms with E-state index < -0.39 is 0 Å². The third-order valence-electron chi connectivity index (χ3n) is 5.80. The number of aryl methyl sites for hydroxylation is 2. The smallest absolute Gasteiger partial charge is 0.252 e. The average molecular weight is 476 g/mol. The summed E-state index contributed by atoms with van der Waals surface area (Å²) >= 11 is 6.13. The van der Waals surface area contributed by atoms with Crippen LogP contribution in [0.25, 0.3) is 17.2 Å². The first-order valence-corrected chi connectivity index (χ1v) is 11.1. The highest BCUT2D eigenvalue weighted by molar-refractivity contribution is 6.30. The predicted molar refractivity (Wildman–Crippen MR) is 129 cm³/mol. The van der Waals surface area contributed by atoms with Crippen molar-refractivity contribution in [2.45, 2.75) is 26.2 Å². The number of rotatable bonds is 4. The molecule has 1 unspecified atom stereocenters. The van der Waals surface area contributed by atoms with E-state index in [1.54, 1.807) is 35.0 Å². The molecule has 34 heavy (non-hydrogen) atoms. The van der Waals surface area contributed by atoms with Crippen LogP contribution < -0.4 is 10.1 Å². The van der Waals surface area contributed by atoms with Gasteiger partial charge in [0.2, 0.25) is 5.91 Å². The molecule has 2 aromatic carbocycles. The standard InChI is InChI=1S/C25H22ClN5O3/c1-13-10-14(2)28-25(27-13)31-24-22(23(30-31)15-4-7-17(26)8-5-15)18(12-21(33)29-24)16-6-9-19(32)20(11-16)34-3/h4-11,18,32H,12H2,1-3H3,(H,29,33). The number of carbonyl (C=O) groups excluding carboxylic acids is 1. The van der Waals surface area contributed by atoms with E-state index in [9.17, 15) is 9.90 Å². The van der Waals surface area contributed by atoms with Gasteiger partial charge in [-0.15, -0.1) is 0 Å². The third kappa shape index (κ3) is 3.86. The summed E-state index contributed by atoms with van der Waals surface area (Å²) in [5.74, 6) is 0.773. The molecule has 0 fully saturated rings. The van der Waals surface area contributed by atoms with Crippen LogP contribution in [0.2, 0.25) is 5.02 Å². The second-order valence-corrected chi connectivity index (χ2v) is 8.65. The molecule has 2 aromatic heterocycles. The monoisotopic (exact) mass is 475 g/mol. The van der Waals surface area contributed by atoms with E-state index in [-0.39, 0.29) is 24.0 Å². The molecular formula is C25H22ClN5O3. The number of ether oxygens (including phenoxy) is 1. The molecule has 0 aliphatic carbocycles. The van der Waals surface area contributed by atoms with Crippen molar-refractivity contribution >= 4 is 23.3 Å². The highest BCUT2D eigenvalue weighted by Gasteiger charge is 2.35. The van der Waals surface area contributed by atoms with Gasteiger partial charge in [-0.3, -0.25) is 4.79 Å². The van der Waals surface area contributed by atoms with Crippen LogP contribution in [0.15, 0.2) is 48.5 Å². The zero-order valence-corrected chi connectivity index (χ0v) is 19.6. The summed E-state index contributed by atoms with van der Waals surface area (Å²) in [6.07, 6.45) is 0.209. The molecule has 5 rings (SSSR count).